The number of nitrogens with zero attached hydrogens (tertiary/aromatic N) is 3. The van der Waals surface area contributed by atoms with Gasteiger partial charge in [-0.3, -0.25) is 9.36 Å². The normalized spacial score (nSPS) is 10.9. The number of aromatic nitrogens is 3. The summed E-state index contributed by atoms with van der Waals surface area (Å²) in [6, 6.07) is 11.8. The maximum Gasteiger partial charge on any atom is 0.387 e. The van der Waals surface area contributed by atoms with Crippen LogP contribution in [0.4, 0.5) is 14.5 Å². The molecular weight excluding hydrogens is 386 g/mol. The Hall–Kier alpha value is -2.94. The molecule has 0 radical (unpaired) electrons. The van der Waals surface area contributed by atoms with Crippen LogP contribution in [0.2, 0.25) is 0 Å². The number of aryl methyl sites for hydroxylation is 2. The molecule has 0 aliphatic carbocycles. The van der Waals surface area contributed by atoms with Gasteiger partial charge >= 0.3 is 6.61 Å². The van der Waals surface area contributed by atoms with Crippen LogP contribution >= 0.6 is 11.8 Å². The minimum atomic E-state index is -2.88. The monoisotopic (exact) mass is 404 g/mol. The molecule has 0 spiro atoms. The molecule has 3 aromatic rings. The number of anilines is 1. The average molecular weight is 404 g/mol. The van der Waals surface area contributed by atoms with Crippen LogP contribution in [0, 0.1) is 13.8 Å². The Bertz CT molecular complexity index is 961. The van der Waals surface area contributed by atoms with E-state index in [2.05, 4.69) is 20.3 Å². The van der Waals surface area contributed by atoms with Gasteiger partial charge in [0.25, 0.3) is 0 Å². The summed E-state index contributed by atoms with van der Waals surface area (Å²) in [5, 5.41) is 11.3. The molecule has 1 heterocycles. The molecule has 0 saturated carbocycles. The molecule has 6 nitrogen and oxygen atoms in total. The number of thioether (sulfide) groups is 1. The molecule has 1 aromatic heterocycles. The van der Waals surface area contributed by atoms with Crippen molar-refractivity contribution >= 4 is 23.4 Å². The van der Waals surface area contributed by atoms with Crippen molar-refractivity contribution in [3.8, 4) is 11.4 Å². The summed E-state index contributed by atoms with van der Waals surface area (Å²) in [6.07, 6.45) is 1.60. The van der Waals surface area contributed by atoms with Gasteiger partial charge in [-0.15, -0.1) is 10.2 Å². The maximum absolute atomic E-state index is 12.2. The molecule has 1 N–H and O–H groups in total. The molecule has 3 rings (SSSR count). The van der Waals surface area contributed by atoms with Crippen LogP contribution in [0.25, 0.3) is 5.69 Å². The van der Waals surface area contributed by atoms with Gasteiger partial charge in [-0.25, -0.2) is 0 Å². The number of carbonyl (C=O) groups is 1. The Labute approximate surface area is 164 Å². The third kappa shape index (κ3) is 5.07. The van der Waals surface area contributed by atoms with Gasteiger partial charge in [-0.1, -0.05) is 17.8 Å². The van der Waals surface area contributed by atoms with Crippen LogP contribution in [-0.2, 0) is 4.79 Å². The molecule has 28 heavy (non-hydrogen) atoms. The van der Waals surface area contributed by atoms with E-state index in [1.165, 1.54) is 41.6 Å². The molecule has 0 saturated heterocycles. The number of alkyl halides is 2. The average Bonchev–Trinajstić information content (AvgIpc) is 3.12. The van der Waals surface area contributed by atoms with Crippen LogP contribution in [0.3, 0.4) is 0 Å². The number of halogens is 2. The van der Waals surface area contributed by atoms with Gasteiger partial charge in [0.2, 0.25) is 5.91 Å². The predicted molar refractivity (Wildman–Crippen MR) is 103 cm³/mol. The third-order valence-corrected chi connectivity index (χ3v) is 4.92. The number of carbonyl (C=O) groups excluding carboxylic acids is 1. The topological polar surface area (TPSA) is 69.0 Å². The zero-order valence-corrected chi connectivity index (χ0v) is 16.0. The molecule has 1 amide bonds. The zero-order valence-electron chi connectivity index (χ0n) is 15.2. The fourth-order valence-electron chi connectivity index (χ4n) is 2.42. The summed E-state index contributed by atoms with van der Waals surface area (Å²) >= 11 is 1.25. The summed E-state index contributed by atoms with van der Waals surface area (Å²) in [5.74, 6) is -0.0928. The van der Waals surface area contributed by atoms with E-state index in [4.69, 9.17) is 0 Å². The summed E-state index contributed by atoms with van der Waals surface area (Å²) in [5.41, 5.74) is 3.75. The predicted octanol–water partition coefficient (Wildman–Crippen LogP) is 4.22. The summed E-state index contributed by atoms with van der Waals surface area (Å²) in [4.78, 5) is 12.2. The number of hydrogen-bond acceptors (Lipinski definition) is 5. The Morgan fingerprint density at radius 2 is 1.93 bits per heavy atom. The number of hydrogen-bond donors (Lipinski definition) is 1. The van der Waals surface area contributed by atoms with E-state index in [0.717, 1.165) is 11.3 Å². The highest BCUT2D eigenvalue weighted by Gasteiger charge is 2.11. The summed E-state index contributed by atoms with van der Waals surface area (Å²) < 4.78 is 30.4. The van der Waals surface area contributed by atoms with Gasteiger partial charge in [0.1, 0.15) is 12.1 Å². The van der Waals surface area contributed by atoms with Crippen molar-refractivity contribution in [3.05, 3.63) is 59.9 Å². The number of benzene rings is 2. The van der Waals surface area contributed by atoms with Crippen molar-refractivity contribution in [1.29, 1.82) is 0 Å². The van der Waals surface area contributed by atoms with Gasteiger partial charge in [-0.05, 0) is 61.4 Å². The first kappa shape index (κ1) is 19.8. The van der Waals surface area contributed by atoms with Crippen LogP contribution in [0.5, 0.6) is 5.75 Å². The summed E-state index contributed by atoms with van der Waals surface area (Å²) in [7, 11) is 0. The Balaban J connectivity index is 1.59. The van der Waals surface area contributed by atoms with E-state index in [1.807, 2.05) is 36.6 Å². The molecule has 0 aliphatic rings. The van der Waals surface area contributed by atoms with Gasteiger partial charge in [-0.2, -0.15) is 8.78 Å². The van der Waals surface area contributed by atoms with E-state index in [1.54, 1.807) is 6.33 Å². The lowest BCUT2D eigenvalue weighted by Crippen LogP contribution is -2.14. The second-order valence-electron chi connectivity index (χ2n) is 5.99. The smallest absolute Gasteiger partial charge is 0.387 e. The summed E-state index contributed by atoms with van der Waals surface area (Å²) in [6.45, 7) is 1.19. The molecule has 0 unspecified atom stereocenters. The first-order valence-electron chi connectivity index (χ1n) is 8.37. The van der Waals surface area contributed by atoms with Crippen molar-refractivity contribution in [1.82, 2.24) is 14.8 Å². The second-order valence-corrected chi connectivity index (χ2v) is 6.93. The Morgan fingerprint density at radius 3 is 2.61 bits per heavy atom. The van der Waals surface area contributed by atoms with Gasteiger partial charge in [0.15, 0.2) is 5.16 Å². The Kier molecular flexibility index (Phi) is 6.25. The lowest BCUT2D eigenvalue weighted by molar-refractivity contribution is -0.113. The number of ether oxygens (including phenoxy) is 1. The fourth-order valence-corrected chi connectivity index (χ4v) is 3.15. The number of nitrogens with one attached hydrogen (secondary N) is 1. The van der Waals surface area contributed by atoms with Gasteiger partial charge in [0.05, 0.1) is 5.75 Å². The Morgan fingerprint density at radius 1 is 1.18 bits per heavy atom. The lowest BCUT2D eigenvalue weighted by atomic mass is 10.1. The standard InChI is InChI=1S/C19H18F2N4O2S/c1-12-3-6-15(9-13(12)2)25-11-22-24-19(25)28-10-17(26)23-14-4-7-16(8-5-14)27-18(20)21/h3-9,11,18H,10H2,1-2H3,(H,23,26). The first-order chi connectivity index (χ1) is 13.4. The maximum atomic E-state index is 12.2. The zero-order chi connectivity index (χ0) is 20.1. The van der Waals surface area contributed by atoms with Gasteiger partial charge in [0, 0.05) is 11.4 Å². The quantitative estimate of drug-likeness (QED) is 0.597. The van der Waals surface area contributed by atoms with Crippen molar-refractivity contribution in [3.63, 3.8) is 0 Å². The lowest BCUT2D eigenvalue weighted by Gasteiger charge is -2.09. The molecular formula is C19H18F2N4O2S. The van der Waals surface area contributed by atoms with E-state index in [-0.39, 0.29) is 17.4 Å². The van der Waals surface area contributed by atoms with Crippen LogP contribution in [0.1, 0.15) is 11.1 Å². The van der Waals surface area contributed by atoms with Crippen LogP contribution in [0.15, 0.2) is 53.9 Å². The van der Waals surface area contributed by atoms with E-state index < -0.39 is 6.61 Å². The van der Waals surface area contributed by atoms with Crippen LogP contribution < -0.4 is 10.1 Å². The highest BCUT2D eigenvalue weighted by atomic mass is 32.2. The largest absolute Gasteiger partial charge is 0.435 e. The number of amides is 1. The molecule has 9 heteroatoms. The van der Waals surface area contributed by atoms with Crippen molar-refractivity contribution in [2.45, 2.75) is 25.6 Å². The first-order valence-corrected chi connectivity index (χ1v) is 9.36. The van der Waals surface area contributed by atoms with Gasteiger partial charge < -0.3 is 10.1 Å². The second kappa shape index (κ2) is 8.83. The SMILES string of the molecule is Cc1ccc(-n2cnnc2SCC(=O)Nc2ccc(OC(F)F)cc2)cc1C. The van der Waals surface area contributed by atoms with Crippen molar-refractivity contribution in [2.75, 3.05) is 11.1 Å². The molecule has 0 atom stereocenters. The van der Waals surface area contributed by atoms with E-state index in [9.17, 15) is 13.6 Å². The minimum absolute atomic E-state index is 0.0314. The minimum Gasteiger partial charge on any atom is -0.435 e. The molecule has 0 aliphatic heterocycles. The van der Waals surface area contributed by atoms with E-state index in [0.29, 0.717) is 10.8 Å². The molecule has 0 fully saturated rings. The van der Waals surface area contributed by atoms with Crippen molar-refractivity contribution < 1.29 is 18.3 Å². The fraction of sp³-hybridized carbons (Fsp3) is 0.211. The van der Waals surface area contributed by atoms with E-state index >= 15 is 0 Å². The molecule has 0 bridgehead atoms. The highest BCUT2D eigenvalue weighted by Crippen LogP contribution is 2.22. The molecule has 146 valence electrons. The number of rotatable bonds is 7. The van der Waals surface area contributed by atoms with Crippen LogP contribution in [-0.4, -0.2) is 33.0 Å². The highest BCUT2D eigenvalue weighted by molar-refractivity contribution is 7.99. The molecule has 2 aromatic carbocycles. The third-order valence-electron chi connectivity index (χ3n) is 3.98. The van der Waals surface area contributed by atoms with Crippen molar-refractivity contribution in [2.24, 2.45) is 0 Å².